The third-order valence-corrected chi connectivity index (χ3v) is 5.04. The molecule has 0 saturated carbocycles. The first-order chi connectivity index (χ1) is 13.8. The normalized spacial score (nSPS) is 13.8. The number of para-hydroxylation sites is 1. The molecule has 1 aliphatic carbocycles. The molecule has 1 amide bonds. The predicted octanol–water partition coefficient (Wildman–Crippen LogP) is 5.18. The molecule has 5 nitrogen and oxygen atoms in total. The highest BCUT2D eigenvalue weighted by Crippen LogP contribution is 2.22. The van der Waals surface area contributed by atoms with E-state index in [1.807, 2.05) is 30.3 Å². The van der Waals surface area contributed by atoms with Crippen molar-refractivity contribution in [3.63, 3.8) is 0 Å². The third-order valence-electron chi connectivity index (χ3n) is 5.04. The number of aromatic nitrogens is 2. The van der Waals surface area contributed by atoms with Crippen LogP contribution in [0.2, 0.25) is 0 Å². The summed E-state index contributed by atoms with van der Waals surface area (Å²) < 4.78 is 0. The number of carbonyl (C=O) groups is 1. The Morgan fingerprint density at radius 2 is 1.96 bits per heavy atom. The van der Waals surface area contributed by atoms with Crippen LogP contribution in [0.5, 0.6) is 0 Å². The van der Waals surface area contributed by atoms with E-state index in [2.05, 4.69) is 26.7 Å². The van der Waals surface area contributed by atoms with Gasteiger partial charge in [0.05, 0.1) is 11.2 Å². The van der Waals surface area contributed by atoms with E-state index in [4.69, 9.17) is 0 Å². The summed E-state index contributed by atoms with van der Waals surface area (Å²) in [6.07, 6.45) is 11.8. The van der Waals surface area contributed by atoms with Crippen molar-refractivity contribution < 1.29 is 4.79 Å². The molecule has 142 valence electrons. The van der Waals surface area contributed by atoms with E-state index >= 15 is 0 Å². The Kier molecular flexibility index (Phi) is 5.61. The molecule has 0 aliphatic heterocycles. The zero-order chi connectivity index (χ0) is 19.2. The molecule has 5 heteroatoms. The van der Waals surface area contributed by atoms with Gasteiger partial charge in [0.15, 0.2) is 0 Å². The van der Waals surface area contributed by atoms with Gasteiger partial charge in [-0.1, -0.05) is 29.8 Å². The highest BCUT2D eigenvalue weighted by Gasteiger charge is 2.10. The Balaban J connectivity index is 1.41. The van der Waals surface area contributed by atoms with Gasteiger partial charge in [-0.3, -0.25) is 9.78 Å². The lowest BCUT2D eigenvalue weighted by atomic mass is 9.97. The van der Waals surface area contributed by atoms with Crippen LogP contribution in [0.4, 0.5) is 11.5 Å². The highest BCUT2D eigenvalue weighted by molar-refractivity contribution is 6.08. The molecule has 2 aromatic heterocycles. The minimum Gasteiger partial charge on any atom is -0.370 e. The van der Waals surface area contributed by atoms with Gasteiger partial charge in [0.2, 0.25) is 0 Å². The number of fused-ring (bicyclic) bond motifs is 1. The Morgan fingerprint density at radius 1 is 1.04 bits per heavy atom. The molecule has 0 spiro atoms. The molecular weight excluding hydrogens is 348 g/mol. The monoisotopic (exact) mass is 372 g/mol. The fourth-order valence-electron chi connectivity index (χ4n) is 3.55. The fourth-order valence-corrected chi connectivity index (χ4v) is 3.55. The summed E-state index contributed by atoms with van der Waals surface area (Å²) in [6, 6.07) is 13.1. The summed E-state index contributed by atoms with van der Waals surface area (Å²) in [5, 5.41) is 7.30. The quantitative estimate of drug-likeness (QED) is 0.585. The number of benzene rings is 1. The molecule has 1 aromatic carbocycles. The first-order valence-corrected chi connectivity index (χ1v) is 9.82. The van der Waals surface area contributed by atoms with Gasteiger partial charge >= 0.3 is 0 Å². The molecule has 0 unspecified atom stereocenters. The number of nitrogens with zero attached hydrogens (tertiary/aromatic N) is 2. The molecule has 2 N–H and O–H groups in total. The van der Waals surface area contributed by atoms with E-state index in [9.17, 15) is 4.79 Å². The van der Waals surface area contributed by atoms with Gasteiger partial charge < -0.3 is 10.6 Å². The van der Waals surface area contributed by atoms with Crippen molar-refractivity contribution in [2.24, 2.45) is 0 Å². The summed E-state index contributed by atoms with van der Waals surface area (Å²) in [6.45, 7) is 0.831. The molecule has 3 aromatic rings. The van der Waals surface area contributed by atoms with E-state index in [1.54, 1.807) is 24.5 Å². The minimum atomic E-state index is -0.168. The molecule has 1 aliphatic rings. The number of hydrogen-bond acceptors (Lipinski definition) is 4. The van der Waals surface area contributed by atoms with Crippen LogP contribution in [0.25, 0.3) is 10.9 Å². The average molecular weight is 372 g/mol. The molecule has 0 fully saturated rings. The van der Waals surface area contributed by atoms with Gasteiger partial charge in [0.25, 0.3) is 5.91 Å². The maximum atomic E-state index is 12.7. The van der Waals surface area contributed by atoms with Crippen LogP contribution < -0.4 is 10.6 Å². The number of allylic oxidation sites excluding steroid dienone is 1. The van der Waals surface area contributed by atoms with E-state index in [0.29, 0.717) is 11.3 Å². The standard InChI is InChI=1S/C23H24N4O/c28-23(27-20-10-4-8-18-9-5-13-26-22(18)20)19-12-15-25-21(16-19)24-14-11-17-6-2-1-3-7-17/h4-6,8-10,12-13,15-16H,1-3,7,11,14H2,(H,24,25)(H,27,28). The van der Waals surface area contributed by atoms with Crippen molar-refractivity contribution in [2.75, 3.05) is 17.2 Å². The molecule has 0 atom stereocenters. The first kappa shape index (κ1) is 18.2. The second kappa shape index (κ2) is 8.65. The van der Waals surface area contributed by atoms with Crippen LogP contribution in [0, 0.1) is 0 Å². The maximum absolute atomic E-state index is 12.7. The van der Waals surface area contributed by atoms with Crippen molar-refractivity contribution in [3.05, 3.63) is 72.1 Å². The van der Waals surface area contributed by atoms with Gasteiger partial charge in [-0.25, -0.2) is 4.98 Å². The van der Waals surface area contributed by atoms with Crippen molar-refractivity contribution in [3.8, 4) is 0 Å². The molecular formula is C23H24N4O. The smallest absolute Gasteiger partial charge is 0.255 e. The number of nitrogens with one attached hydrogen (secondary N) is 2. The summed E-state index contributed by atoms with van der Waals surface area (Å²) in [5.74, 6) is 0.554. The molecule has 0 saturated heterocycles. The van der Waals surface area contributed by atoms with E-state index in [1.165, 1.54) is 31.3 Å². The Bertz CT molecular complexity index is 1010. The fraction of sp³-hybridized carbons (Fsp3) is 0.261. The van der Waals surface area contributed by atoms with Gasteiger partial charge in [0, 0.05) is 29.9 Å². The number of anilines is 2. The van der Waals surface area contributed by atoms with Crippen molar-refractivity contribution >= 4 is 28.3 Å². The minimum absolute atomic E-state index is 0.168. The summed E-state index contributed by atoms with van der Waals surface area (Å²) >= 11 is 0. The number of carbonyl (C=O) groups excluding carboxylic acids is 1. The summed E-state index contributed by atoms with van der Waals surface area (Å²) in [4.78, 5) is 21.5. The number of rotatable bonds is 6. The number of hydrogen-bond donors (Lipinski definition) is 2. The first-order valence-electron chi connectivity index (χ1n) is 9.82. The van der Waals surface area contributed by atoms with Crippen molar-refractivity contribution in [1.29, 1.82) is 0 Å². The molecule has 4 rings (SSSR count). The molecule has 0 bridgehead atoms. The van der Waals surface area contributed by atoms with Gasteiger partial charge in [-0.15, -0.1) is 0 Å². The zero-order valence-electron chi connectivity index (χ0n) is 15.8. The van der Waals surface area contributed by atoms with Crippen LogP contribution in [-0.4, -0.2) is 22.4 Å². The SMILES string of the molecule is O=C(Nc1cccc2cccnc12)c1ccnc(NCCC2=CCCCC2)c1. The van der Waals surface area contributed by atoms with E-state index in [-0.39, 0.29) is 5.91 Å². The predicted molar refractivity (Wildman–Crippen MR) is 114 cm³/mol. The molecule has 28 heavy (non-hydrogen) atoms. The summed E-state index contributed by atoms with van der Waals surface area (Å²) in [7, 11) is 0. The summed E-state index contributed by atoms with van der Waals surface area (Å²) in [5.41, 5.74) is 3.59. The highest BCUT2D eigenvalue weighted by atomic mass is 16.1. The lowest BCUT2D eigenvalue weighted by Gasteiger charge is -2.13. The second-order valence-electron chi connectivity index (χ2n) is 7.05. The topological polar surface area (TPSA) is 66.9 Å². The Hall–Kier alpha value is -3.21. The molecule has 0 radical (unpaired) electrons. The van der Waals surface area contributed by atoms with Crippen molar-refractivity contribution in [1.82, 2.24) is 9.97 Å². The lowest BCUT2D eigenvalue weighted by molar-refractivity contribution is 0.102. The largest absolute Gasteiger partial charge is 0.370 e. The van der Waals surface area contributed by atoms with Crippen LogP contribution in [0.15, 0.2) is 66.5 Å². The number of pyridine rings is 2. The average Bonchev–Trinajstić information content (AvgIpc) is 2.75. The third kappa shape index (κ3) is 4.36. The van der Waals surface area contributed by atoms with Crippen LogP contribution in [0.1, 0.15) is 42.5 Å². The van der Waals surface area contributed by atoms with Gasteiger partial charge in [0.1, 0.15) is 5.82 Å². The van der Waals surface area contributed by atoms with E-state index < -0.39 is 0 Å². The Morgan fingerprint density at radius 3 is 2.86 bits per heavy atom. The van der Waals surface area contributed by atoms with E-state index in [0.717, 1.165) is 29.7 Å². The number of amides is 1. The van der Waals surface area contributed by atoms with Crippen LogP contribution >= 0.6 is 0 Å². The lowest BCUT2D eigenvalue weighted by Crippen LogP contribution is -2.13. The zero-order valence-corrected chi connectivity index (χ0v) is 15.8. The molecule has 2 heterocycles. The van der Waals surface area contributed by atoms with Crippen LogP contribution in [0.3, 0.4) is 0 Å². The van der Waals surface area contributed by atoms with Gasteiger partial charge in [-0.2, -0.15) is 0 Å². The Labute approximate surface area is 164 Å². The van der Waals surface area contributed by atoms with Gasteiger partial charge in [-0.05, 0) is 56.4 Å². The van der Waals surface area contributed by atoms with Crippen LogP contribution in [-0.2, 0) is 0 Å². The second-order valence-corrected chi connectivity index (χ2v) is 7.05. The maximum Gasteiger partial charge on any atom is 0.255 e. The van der Waals surface area contributed by atoms with Crippen molar-refractivity contribution in [2.45, 2.75) is 32.1 Å².